The average Bonchev–Trinajstić information content (AvgIpc) is 2.31. The lowest BCUT2D eigenvalue weighted by Gasteiger charge is -2.07. The summed E-state index contributed by atoms with van der Waals surface area (Å²) in [6.07, 6.45) is 0. The smallest absolute Gasteiger partial charge is 0.255 e. The number of nitrogens with two attached hydrogens (primary N) is 1. The van der Waals surface area contributed by atoms with Crippen LogP contribution in [-0.4, -0.2) is 36.7 Å². The van der Waals surface area contributed by atoms with Gasteiger partial charge in [0.25, 0.3) is 5.91 Å². The predicted molar refractivity (Wildman–Crippen MR) is 68.2 cm³/mol. The van der Waals surface area contributed by atoms with Gasteiger partial charge in [-0.25, -0.2) is 0 Å². The number of carbonyl (C=O) groups is 2. The fraction of sp³-hybridized carbons (Fsp3) is 0.273. The highest BCUT2D eigenvalue weighted by Gasteiger charge is 2.10. The highest BCUT2D eigenvalue weighted by Crippen LogP contribution is 2.21. The molecule has 0 atom stereocenters. The zero-order chi connectivity index (χ0) is 13.5. The lowest BCUT2D eigenvalue weighted by atomic mass is 10.2. The summed E-state index contributed by atoms with van der Waals surface area (Å²) in [6.45, 7) is 0.208. The molecule has 4 N–H and O–H groups in total. The van der Waals surface area contributed by atoms with Gasteiger partial charge in [-0.15, -0.1) is 0 Å². The van der Waals surface area contributed by atoms with Gasteiger partial charge in [0.05, 0.1) is 12.2 Å². The quantitative estimate of drug-likeness (QED) is 0.660. The van der Waals surface area contributed by atoms with Gasteiger partial charge in [-0.3, -0.25) is 9.59 Å². The molecule has 98 valence electrons. The zero-order valence-corrected chi connectivity index (χ0v) is 11.1. The van der Waals surface area contributed by atoms with Crippen LogP contribution < -0.4 is 11.1 Å². The molecule has 1 aromatic carbocycles. The van der Waals surface area contributed by atoms with Gasteiger partial charge in [0.1, 0.15) is 12.4 Å². The molecule has 0 aliphatic carbocycles. The Hall–Kier alpha value is -1.60. The standard InChI is InChI=1S/C11H13BrN2O4/c12-7-1-2-9(15)8(5-7)11(17)14-3-4-18-6-10(13)16/h1-2,5,15H,3-4,6H2,(H2,13,16)(H,14,17). The summed E-state index contributed by atoms with van der Waals surface area (Å²) in [5, 5.41) is 12.1. The number of nitrogens with one attached hydrogen (secondary N) is 1. The van der Waals surface area contributed by atoms with Gasteiger partial charge < -0.3 is 20.9 Å². The number of aromatic hydroxyl groups is 1. The highest BCUT2D eigenvalue weighted by molar-refractivity contribution is 9.10. The van der Waals surface area contributed by atoms with Crippen LogP contribution in [0, 0.1) is 0 Å². The summed E-state index contributed by atoms with van der Waals surface area (Å²) >= 11 is 3.21. The van der Waals surface area contributed by atoms with Crippen LogP contribution in [0.2, 0.25) is 0 Å². The van der Waals surface area contributed by atoms with E-state index in [4.69, 9.17) is 10.5 Å². The van der Waals surface area contributed by atoms with Crippen molar-refractivity contribution in [1.82, 2.24) is 5.32 Å². The van der Waals surface area contributed by atoms with Crippen molar-refractivity contribution in [2.24, 2.45) is 5.73 Å². The van der Waals surface area contributed by atoms with Gasteiger partial charge in [0.2, 0.25) is 5.91 Å². The SMILES string of the molecule is NC(=O)COCCNC(=O)c1cc(Br)ccc1O. The Bertz CT molecular complexity index is 451. The van der Waals surface area contributed by atoms with Gasteiger partial charge >= 0.3 is 0 Å². The maximum absolute atomic E-state index is 11.7. The highest BCUT2D eigenvalue weighted by atomic mass is 79.9. The second-order valence-corrected chi connectivity index (χ2v) is 4.35. The lowest BCUT2D eigenvalue weighted by Crippen LogP contribution is -2.28. The van der Waals surface area contributed by atoms with Crippen molar-refractivity contribution in [3.63, 3.8) is 0 Å². The molecule has 2 amide bonds. The van der Waals surface area contributed by atoms with E-state index in [2.05, 4.69) is 21.2 Å². The topological polar surface area (TPSA) is 102 Å². The number of rotatable bonds is 6. The Labute approximate surface area is 112 Å². The first-order valence-electron chi connectivity index (χ1n) is 5.13. The molecular weight excluding hydrogens is 304 g/mol. The molecule has 0 saturated heterocycles. The molecule has 0 saturated carbocycles. The zero-order valence-electron chi connectivity index (χ0n) is 9.48. The molecule has 0 radical (unpaired) electrons. The Morgan fingerprint density at radius 2 is 2.17 bits per heavy atom. The fourth-order valence-corrected chi connectivity index (χ4v) is 1.56. The molecule has 0 aliphatic heterocycles. The van der Waals surface area contributed by atoms with E-state index >= 15 is 0 Å². The number of phenolic OH excluding ortho intramolecular Hbond substituents is 1. The normalized spacial score (nSPS) is 10.1. The number of halogens is 1. The second kappa shape index (κ2) is 6.97. The fourth-order valence-electron chi connectivity index (χ4n) is 1.19. The molecule has 0 fully saturated rings. The van der Waals surface area contributed by atoms with Crippen LogP contribution in [0.4, 0.5) is 0 Å². The number of benzene rings is 1. The Morgan fingerprint density at radius 3 is 2.83 bits per heavy atom. The second-order valence-electron chi connectivity index (χ2n) is 3.44. The molecule has 0 aromatic heterocycles. The first-order chi connectivity index (χ1) is 8.50. The molecule has 0 aliphatic rings. The molecule has 1 rings (SSSR count). The van der Waals surface area contributed by atoms with Crippen LogP contribution >= 0.6 is 15.9 Å². The molecule has 7 heteroatoms. The van der Waals surface area contributed by atoms with E-state index in [1.165, 1.54) is 12.1 Å². The van der Waals surface area contributed by atoms with Gasteiger partial charge in [0, 0.05) is 11.0 Å². The maximum Gasteiger partial charge on any atom is 0.255 e. The number of carbonyl (C=O) groups excluding carboxylic acids is 2. The van der Waals surface area contributed by atoms with Crippen molar-refractivity contribution in [2.45, 2.75) is 0 Å². The lowest BCUT2D eigenvalue weighted by molar-refractivity contribution is -0.122. The van der Waals surface area contributed by atoms with Gasteiger partial charge in [-0.05, 0) is 18.2 Å². The van der Waals surface area contributed by atoms with E-state index in [1.54, 1.807) is 6.07 Å². The van der Waals surface area contributed by atoms with Crippen LogP contribution in [0.1, 0.15) is 10.4 Å². The van der Waals surface area contributed by atoms with Crippen molar-refractivity contribution in [1.29, 1.82) is 0 Å². The van der Waals surface area contributed by atoms with Gasteiger partial charge in [-0.1, -0.05) is 15.9 Å². The van der Waals surface area contributed by atoms with E-state index in [0.717, 1.165) is 0 Å². The number of hydrogen-bond donors (Lipinski definition) is 3. The molecule has 0 spiro atoms. The number of primary amides is 1. The predicted octanol–water partition coefficient (Wildman–Crippen LogP) is 0.386. The molecule has 18 heavy (non-hydrogen) atoms. The largest absolute Gasteiger partial charge is 0.507 e. The summed E-state index contributed by atoms with van der Waals surface area (Å²) in [5.74, 6) is -1.09. The van der Waals surface area contributed by atoms with Crippen molar-refractivity contribution in [3.05, 3.63) is 28.2 Å². The third kappa shape index (κ3) is 4.72. The third-order valence-corrected chi connectivity index (χ3v) is 2.47. The van der Waals surface area contributed by atoms with E-state index < -0.39 is 11.8 Å². The van der Waals surface area contributed by atoms with E-state index in [9.17, 15) is 14.7 Å². The van der Waals surface area contributed by atoms with Gasteiger partial charge in [0.15, 0.2) is 0 Å². The first-order valence-corrected chi connectivity index (χ1v) is 5.93. The van der Waals surface area contributed by atoms with Crippen molar-refractivity contribution >= 4 is 27.7 Å². The van der Waals surface area contributed by atoms with Gasteiger partial charge in [-0.2, -0.15) is 0 Å². The molecule has 6 nitrogen and oxygen atoms in total. The minimum Gasteiger partial charge on any atom is -0.507 e. The number of ether oxygens (including phenoxy) is 1. The number of phenols is 1. The Balaban J connectivity index is 2.41. The summed E-state index contributed by atoms with van der Waals surface area (Å²) in [5.41, 5.74) is 5.04. The summed E-state index contributed by atoms with van der Waals surface area (Å²) < 4.78 is 5.56. The molecule has 0 heterocycles. The van der Waals surface area contributed by atoms with Crippen LogP contribution in [0.5, 0.6) is 5.75 Å². The van der Waals surface area contributed by atoms with Crippen molar-refractivity contribution < 1.29 is 19.4 Å². The third-order valence-electron chi connectivity index (χ3n) is 1.98. The van der Waals surface area contributed by atoms with Crippen molar-refractivity contribution in [3.8, 4) is 5.75 Å². The average molecular weight is 317 g/mol. The summed E-state index contributed by atoms with van der Waals surface area (Å²) in [6, 6.07) is 4.56. The maximum atomic E-state index is 11.7. The molecule has 0 bridgehead atoms. The Morgan fingerprint density at radius 1 is 1.44 bits per heavy atom. The molecular formula is C11H13BrN2O4. The molecule has 1 aromatic rings. The minimum absolute atomic E-state index is 0.103. The number of amides is 2. The first kappa shape index (κ1) is 14.5. The summed E-state index contributed by atoms with van der Waals surface area (Å²) in [4.78, 5) is 22.0. The van der Waals surface area contributed by atoms with Crippen LogP contribution in [0.15, 0.2) is 22.7 Å². The Kier molecular flexibility index (Phi) is 5.60. The number of hydrogen-bond acceptors (Lipinski definition) is 4. The molecule has 0 unspecified atom stereocenters. The minimum atomic E-state index is -0.564. The van der Waals surface area contributed by atoms with E-state index in [1.807, 2.05) is 0 Å². The van der Waals surface area contributed by atoms with E-state index in [0.29, 0.717) is 4.47 Å². The summed E-state index contributed by atoms with van der Waals surface area (Å²) in [7, 11) is 0. The monoisotopic (exact) mass is 316 g/mol. The van der Waals surface area contributed by atoms with Crippen LogP contribution in [0.3, 0.4) is 0 Å². The van der Waals surface area contributed by atoms with E-state index in [-0.39, 0.29) is 31.1 Å². The van der Waals surface area contributed by atoms with Crippen molar-refractivity contribution in [2.75, 3.05) is 19.8 Å². The van der Waals surface area contributed by atoms with Crippen LogP contribution in [-0.2, 0) is 9.53 Å². The van der Waals surface area contributed by atoms with Crippen LogP contribution in [0.25, 0.3) is 0 Å².